The van der Waals surface area contributed by atoms with Gasteiger partial charge in [-0.3, -0.25) is 4.79 Å². The third kappa shape index (κ3) is 2.88. The van der Waals surface area contributed by atoms with E-state index in [9.17, 15) is 4.79 Å². The highest BCUT2D eigenvalue weighted by molar-refractivity contribution is 5.92. The molecule has 1 aromatic heterocycles. The minimum Gasteiger partial charge on any atom is -0.333 e. The Hall–Kier alpha value is -1.42. The van der Waals surface area contributed by atoms with Crippen LogP contribution in [-0.4, -0.2) is 41.5 Å². The molecule has 1 atom stereocenters. The number of likely N-dealkylation sites (N-methyl/N-ethyl adjacent to an activating group) is 1. The summed E-state index contributed by atoms with van der Waals surface area (Å²) in [5.74, 6) is 0.0508. The molecular formula is C14H21N3O. The predicted molar refractivity (Wildman–Crippen MR) is 71.6 cm³/mol. The Morgan fingerprint density at radius 3 is 3.00 bits per heavy atom. The number of rotatable bonds is 3. The molecule has 18 heavy (non-hydrogen) atoms. The van der Waals surface area contributed by atoms with Crippen molar-refractivity contribution >= 4 is 5.91 Å². The second-order valence-corrected chi connectivity index (χ2v) is 4.76. The number of hydrogen-bond donors (Lipinski definition) is 1. The summed E-state index contributed by atoms with van der Waals surface area (Å²) in [6.45, 7) is 6.63. The Morgan fingerprint density at radius 1 is 1.56 bits per heavy atom. The first kappa shape index (κ1) is 13.0. The van der Waals surface area contributed by atoms with E-state index < -0.39 is 0 Å². The average molecular weight is 247 g/mol. The van der Waals surface area contributed by atoms with Crippen LogP contribution in [0.3, 0.4) is 0 Å². The van der Waals surface area contributed by atoms with Gasteiger partial charge in [-0.1, -0.05) is 6.07 Å². The summed E-state index contributed by atoms with van der Waals surface area (Å²) in [6.07, 6.45) is 2.22. The minimum absolute atomic E-state index is 0.0508. The molecule has 0 saturated carbocycles. The maximum Gasteiger partial charge on any atom is 0.272 e. The van der Waals surface area contributed by atoms with E-state index in [0.29, 0.717) is 11.7 Å². The number of aromatic nitrogens is 1. The zero-order valence-corrected chi connectivity index (χ0v) is 11.1. The summed E-state index contributed by atoms with van der Waals surface area (Å²) in [7, 11) is 0. The molecule has 1 unspecified atom stereocenters. The molecule has 1 aromatic rings. The van der Waals surface area contributed by atoms with Crippen LogP contribution < -0.4 is 5.32 Å². The molecule has 1 aliphatic rings. The highest BCUT2D eigenvalue weighted by Gasteiger charge is 2.25. The van der Waals surface area contributed by atoms with Crippen molar-refractivity contribution in [1.29, 1.82) is 0 Å². The molecule has 4 nitrogen and oxygen atoms in total. The fourth-order valence-electron chi connectivity index (χ4n) is 2.48. The van der Waals surface area contributed by atoms with Gasteiger partial charge in [0, 0.05) is 24.8 Å². The zero-order chi connectivity index (χ0) is 13.0. The molecular weight excluding hydrogens is 226 g/mol. The Labute approximate surface area is 108 Å². The van der Waals surface area contributed by atoms with Gasteiger partial charge in [0.05, 0.1) is 0 Å². The standard InChI is InChI=1S/C14H21N3O/c1-3-17(12-7-5-9-15-10-12)14(18)13-8-4-6-11(2)16-13/h4,6,8,12,15H,3,5,7,9-10H2,1-2H3. The number of nitrogens with one attached hydrogen (secondary N) is 1. The van der Waals surface area contributed by atoms with Crippen LogP contribution >= 0.6 is 0 Å². The van der Waals surface area contributed by atoms with E-state index >= 15 is 0 Å². The maximum absolute atomic E-state index is 12.5. The molecule has 0 spiro atoms. The van der Waals surface area contributed by atoms with Gasteiger partial charge >= 0.3 is 0 Å². The van der Waals surface area contributed by atoms with E-state index in [-0.39, 0.29) is 5.91 Å². The number of carbonyl (C=O) groups excluding carboxylic acids is 1. The number of piperidine rings is 1. The first-order valence-corrected chi connectivity index (χ1v) is 6.67. The van der Waals surface area contributed by atoms with Gasteiger partial charge in [0.15, 0.2) is 0 Å². The number of nitrogens with zero attached hydrogens (tertiary/aromatic N) is 2. The molecule has 1 N–H and O–H groups in total. The van der Waals surface area contributed by atoms with Crippen LogP contribution in [-0.2, 0) is 0 Å². The monoisotopic (exact) mass is 247 g/mol. The van der Waals surface area contributed by atoms with E-state index in [4.69, 9.17) is 0 Å². The Balaban J connectivity index is 2.14. The molecule has 0 aliphatic carbocycles. The lowest BCUT2D eigenvalue weighted by molar-refractivity contribution is 0.0656. The van der Waals surface area contributed by atoms with Crippen molar-refractivity contribution in [2.24, 2.45) is 0 Å². The Bertz CT molecular complexity index is 413. The van der Waals surface area contributed by atoms with E-state index in [2.05, 4.69) is 10.3 Å². The molecule has 0 aromatic carbocycles. The van der Waals surface area contributed by atoms with Crippen LogP contribution in [0.5, 0.6) is 0 Å². The summed E-state index contributed by atoms with van der Waals surface area (Å²) >= 11 is 0. The topological polar surface area (TPSA) is 45.2 Å². The molecule has 2 rings (SSSR count). The van der Waals surface area contributed by atoms with Crippen LogP contribution in [0.4, 0.5) is 0 Å². The number of pyridine rings is 1. The molecule has 98 valence electrons. The normalized spacial score (nSPS) is 19.6. The first-order valence-electron chi connectivity index (χ1n) is 6.67. The van der Waals surface area contributed by atoms with Crippen LogP contribution in [0.1, 0.15) is 35.9 Å². The summed E-state index contributed by atoms with van der Waals surface area (Å²) < 4.78 is 0. The van der Waals surface area contributed by atoms with Crippen molar-refractivity contribution in [3.8, 4) is 0 Å². The summed E-state index contributed by atoms with van der Waals surface area (Å²) in [6, 6.07) is 5.91. The Morgan fingerprint density at radius 2 is 2.39 bits per heavy atom. The molecule has 1 saturated heterocycles. The van der Waals surface area contributed by atoms with Crippen molar-refractivity contribution in [1.82, 2.24) is 15.2 Å². The van der Waals surface area contributed by atoms with Crippen molar-refractivity contribution < 1.29 is 4.79 Å². The summed E-state index contributed by atoms with van der Waals surface area (Å²) in [5.41, 5.74) is 1.45. The number of carbonyl (C=O) groups is 1. The number of aryl methyl sites for hydroxylation is 1. The molecule has 1 aliphatic heterocycles. The van der Waals surface area contributed by atoms with Gasteiger partial charge in [-0.05, 0) is 45.4 Å². The number of hydrogen-bond acceptors (Lipinski definition) is 3. The van der Waals surface area contributed by atoms with E-state index in [1.807, 2.05) is 30.9 Å². The van der Waals surface area contributed by atoms with Gasteiger partial charge in [0.1, 0.15) is 5.69 Å². The van der Waals surface area contributed by atoms with Gasteiger partial charge in [-0.2, -0.15) is 0 Å². The second kappa shape index (κ2) is 5.96. The summed E-state index contributed by atoms with van der Waals surface area (Å²) in [5, 5.41) is 3.35. The van der Waals surface area contributed by atoms with Gasteiger partial charge in [0.2, 0.25) is 0 Å². The largest absolute Gasteiger partial charge is 0.333 e. The second-order valence-electron chi connectivity index (χ2n) is 4.76. The van der Waals surface area contributed by atoms with E-state index in [0.717, 1.165) is 38.2 Å². The molecule has 4 heteroatoms. The summed E-state index contributed by atoms with van der Waals surface area (Å²) in [4.78, 5) is 18.7. The average Bonchev–Trinajstić information content (AvgIpc) is 2.41. The molecule has 0 radical (unpaired) electrons. The van der Waals surface area contributed by atoms with Gasteiger partial charge in [-0.15, -0.1) is 0 Å². The van der Waals surface area contributed by atoms with Crippen LogP contribution in [0.15, 0.2) is 18.2 Å². The van der Waals surface area contributed by atoms with Gasteiger partial charge in [-0.25, -0.2) is 4.98 Å². The first-order chi connectivity index (χ1) is 8.72. The maximum atomic E-state index is 12.5. The smallest absolute Gasteiger partial charge is 0.272 e. The van der Waals surface area contributed by atoms with Crippen molar-refractivity contribution in [2.75, 3.05) is 19.6 Å². The minimum atomic E-state index is 0.0508. The quantitative estimate of drug-likeness (QED) is 0.882. The predicted octanol–water partition coefficient (Wildman–Crippen LogP) is 1.60. The third-order valence-electron chi connectivity index (χ3n) is 3.42. The fourth-order valence-corrected chi connectivity index (χ4v) is 2.48. The van der Waals surface area contributed by atoms with E-state index in [1.165, 1.54) is 0 Å². The SMILES string of the molecule is CCN(C(=O)c1cccc(C)n1)C1CCCNC1. The van der Waals surface area contributed by atoms with Crippen LogP contribution in [0.25, 0.3) is 0 Å². The van der Waals surface area contributed by atoms with Crippen LogP contribution in [0.2, 0.25) is 0 Å². The van der Waals surface area contributed by atoms with E-state index in [1.54, 1.807) is 6.07 Å². The Kier molecular flexibility index (Phi) is 4.31. The number of amides is 1. The van der Waals surface area contributed by atoms with Crippen LogP contribution in [0, 0.1) is 6.92 Å². The molecule has 1 amide bonds. The highest BCUT2D eigenvalue weighted by atomic mass is 16.2. The fraction of sp³-hybridized carbons (Fsp3) is 0.571. The third-order valence-corrected chi connectivity index (χ3v) is 3.42. The highest BCUT2D eigenvalue weighted by Crippen LogP contribution is 2.13. The van der Waals surface area contributed by atoms with Crippen molar-refractivity contribution in [3.05, 3.63) is 29.6 Å². The van der Waals surface area contributed by atoms with Gasteiger partial charge in [0.25, 0.3) is 5.91 Å². The zero-order valence-electron chi connectivity index (χ0n) is 11.1. The van der Waals surface area contributed by atoms with Crippen molar-refractivity contribution in [3.63, 3.8) is 0 Å². The molecule has 2 heterocycles. The van der Waals surface area contributed by atoms with Crippen molar-refractivity contribution in [2.45, 2.75) is 32.7 Å². The molecule has 0 bridgehead atoms. The lowest BCUT2D eigenvalue weighted by atomic mass is 10.1. The van der Waals surface area contributed by atoms with Gasteiger partial charge < -0.3 is 10.2 Å². The molecule has 1 fully saturated rings. The lowest BCUT2D eigenvalue weighted by Gasteiger charge is -2.33. The lowest BCUT2D eigenvalue weighted by Crippen LogP contribution is -2.48.